The monoisotopic (exact) mass is 362 g/mol. The maximum Gasteiger partial charge on any atom is 0.254 e. The summed E-state index contributed by atoms with van der Waals surface area (Å²) in [7, 11) is 0. The number of benzene rings is 2. The summed E-state index contributed by atoms with van der Waals surface area (Å²) in [4.78, 5) is 19.1. The lowest BCUT2D eigenvalue weighted by Gasteiger charge is -2.24. The van der Waals surface area contributed by atoms with Crippen LogP contribution in [0.4, 0.5) is 4.39 Å². The van der Waals surface area contributed by atoms with E-state index in [2.05, 4.69) is 24.0 Å². The highest BCUT2D eigenvalue weighted by Gasteiger charge is 2.19. The summed E-state index contributed by atoms with van der Waals surface area (Å²) < 4.78 is 13.7. The van der Waals surface area contributed by atoms with E-state index in [0.29, 0.717) is 18.7 Å². The lowest BCUT2D eigenvalue weighted by Crippen LogP contribution is -2.30. The molecule has 1 amide bonds. The van der Waals surface area contributed by atoms with Crippen LogP contribution in [0.15, 0.2) is 67.0 Å². The van der Waals surface area contributed by atoms with E-state index in [0.717, 1.165) is 23.1 Å². The van der Waals surface area contributed by atoms with Crippen LogP contribution in [-0.4, -0.2) is 15.8 Å². The van der Waals surface area contributed by atoms with E-state index in [4.69, 9.17) is 0 Å². The Morgan fingerprint density at radius 2 is 1.70 bits per heavy atom. The van der Waals surface area contributed by atoms with Gasteiger partial charge in [0.15, 0.2) is 0 Å². The Labute approximate surface area is 159 Å². The van der Waals surface area contributed by atoms with Gasteiger partial charge in [-0.1, -0.05) is 43.3 Å². The van der Waals surface area contributed by atoms with Gasteiger partial charge >= 0.3 is 0 Å². The predicted molar refractivity (Wildman–Crippen MR) is 105 cm³/mol. The summed E-state index contributed by atoms with van der Waals surface area (Å²) in [5.41, 5.74) is 4.39. The van der Waals surface area contributed by atoms with E-state index >= 15 is 0 Å². The molecule has 0 atom stereocenters. The van der Waals surface area contributed by atoms with Gasteiger partial charge in [-0.25, -0.2) is 4.39 Å². The molecule has 2 aromatic carbocycles. The second-order valence-electron chi connectivity index (χ2n) is 6.65. The summed E-state index contributed by atoms with van der Waals surface area (Å²) in [5.74, 6) is -0.590. The van der Waals surface area contributed by atoms with Crippen LogP contribution in [0.1, 0.15) is 39.5 Å². The van der Waals surface area contributed by atoms with Gasteiger partial charge in [0, 0.05) is 31.0 Å². The van der Waals surface area contributed by atoms with Crippen molar-refractivity contribution in [2.45, 2.75) is 33.4 Å². The first-order valence-corrected chi connectivity index (χ1v) is 9.09. The van der Waals surface area contributed by atoms with E-state index in [9.17, 15) is 9.18 Å². The van der Waals surface area contributed by atoms with Gasteiger partial charge in [-0.15, -0.1) is 0 Å². The average Bonchev–Trinajstić information content (AvgIpc) is 2.70. The molecule has 0 fully saturated rings. The van der Waals surface area contributed by atoms with Gasteiger partial charge in [-0.3, -0.25) is 9.78 Å². The topological polar surface area (TPSA) is 33.2 Å². The number of aryl methyl sites for hydroxylation is 2. The first-order chi connectivity index (χ1) is 13.1. The molecule has 3 rings (SSSR count). The van der Waals surface area contributed by atoms with E-state index in [1.54, 1.807) is 23.4 Å². The van der Waals surface area contributed by atoms with E-state index in [1.807, 2.05) is 31.2 Å². The van der Waals surface area contributed by atoms with Crippen molar-refractivity contribution >= 4 is 5.91 Å². The van der Waals surface area contributed by atoms with Crippen LogP contribution in [0, 0.1) is 12.7 Å². The highest BCUT2D eigenvalue weighted by molar-refractivity contribution is 5.95. The molecule has 0 saturated heterocycles. The predicted octanol–water partition coefficient (Wildman–Crippen LogP) is 4.93. The van der Waals surface area contributed by atoms with Crippen molar-refractivity contribution in [3.8, 4) is 0 Å². The molecule has 138 valence electrons. The molecule has 3 aromatic rings. The van der Waals surface area contributed by atoms with Crippen molar-refractivity contribution in [1.82, 2.24) is 9.88 Å². The summed E-state index contributed by atoms with van der Waals surface area (Å²) in [5, 5.41) is 0. The number of rotatable bonds is 6. The largest absolute Gasteiger partial charge is 0.330 e. The van der Waals surface area contributed by atoms with Crippen LogP contribution in [0.5, 0.6) is 0 Å². The Hall–Kier alpha value is -3.01. The van der Waals surface area contributed by atoms with E-state index in [1.165, 1.54) is 17.7 Å². The molecular formula is C23H23FN2O. The van der Waals surface area contributed by atoms with Crippen molar-refractivity contribution in [2.24, 2.45) is 0 Å². The molecule has 0 spiro atoms. The number of amides is 1. The normalized spacial score (nSPS) is 10.6. The van der Waals surface area contributed by atoms with Crippen molar-refractivity contribution in [2.75, 3.05) is 0 Å². The Bertz CT molecular complexity index is 907. The number of carbonyl (C=O) groups is 1. The third-order valence-electron chi connectivity index (χ3n) is 4.62. The molecule has 0 bridgehead atoms. The number of halogens is 1. The van der Waals surface area contributed by atoms with Gasteiger partial charge in [0.2, 0.25) is 0 Å². The molecule has 4 heteroatoms. The summed E-state index contributed by atoms with van der Waals surface area (Å²) in [6.07, 6.45) is 4.43. The molecular weight excluding hydrogens is 339 g/mol. The molecule has 0 aliphatic rings. The van der Waals surface area contributed by atoms with Gasteiger partial charge in [0.05, 0.1) is 0 Å². The lowest BCUT2D eigenvalue weighted by molar-refractivity contribution is 0.0728. The number of nitrogens with zero attached hydrogens (tertiary/aromatic N) is 2. The number of aromatic nitrogens is 1. The molecule has 0 N–H and O–H groups in total. The molecule has 0 saturated carbocycles. The number of hydrogen-bond acceptors (Lipinski definition) is 2. The molecule has 0 aliphatic heterocycles. The van der Waals surface area contributed by atoms with Gasteiger partial charge in [0.25, 0.3) is 5.91 Å². The zero-order valence-electron chi connectivity index (χ0n) is 15.7. The molecule has 0 radical (unpaired) electrons. The molecule has 27 heavy (non-hydrogen) atoms. The fourth-order valence-electron chi connectivity index (χ4n) is 3.01. The Kier molecular flexibility index (Phi) is 5.97. The standard InChI is InChI=1S/C23H23FN2O/c1-3-18-7-9-19(10-8-18)15-26(16-20-5-4-12-25-14-20)23(27)22-13-21(24)11-6-17(22)2/h4-14H,3,15-16H2,1-2H3. The first-order valence-electron chi connectivity index (χ1n) is 9.09. The van der Waals surface area contributed by atoms with Crippen LogP contribution in [0.25, 0.3) is 0 Å². The number of carbonyl (C=O) groups excluding carboxylic acids is 1. The molecule has 1 aromatic heterocycles. The minimum atomic E-state index is -0.405. The Morgan fingerprint density at radius 3 is 2.37 bits per heavy atom. The SMILES string of the molecule is CCc1ccc(CN(Cc2cccnc2)C(=O)c2cc(F)ccc2C)cc1. The van der Waals surface area contributed by atoms with Gasteiger partial charge in [-0.2, -0.15) is 0 Å². The Balaban J connectivity index is 1.90. The molecule has 3 nitrogen and oxygen atoms in total. The van der Waals surface area contributed by atoms with Gasteiger partial charge in [-0.05, 0) is 53.8 Å². The van der Waals surface area contributed by atoms with Crippen LogP contribution in [-0.2, 0) is 19.5 Å². The average molecular weight is 362 g/mol. The van der Waals surface area contributed by atoms with Crippen LogP contribution >= 0.6 is 0 Å². The molecule has 1 heterocycles. The fourth-order valence-corrected chi connectivity index (χ4v) is 3.01. The third-order valence-corrected chi connectivity index (χ3v) is 4.62. The first kappa shape index (κ1) is 18.8. The van der Waals surface area contributed by atoms with Crippen LogP contribution in [0.2, 0.25) is 0 Å². The number of hydrogen-bond donors (Lipinski definition) is 0. The number of pyridine rings is 1. The quantitative estimate of drug-likeness (QED) is 0.623. The molecule has 0 unspecified atom stereocenters. The molecule has 0 aliphatic carbocycles. The van der Waals surface area contributed by atoms with Crippen molar-refractivity contribution in [3.63, 3.8) is 0 Å². The minimum absolute atomic E-state index is 0.185. The summed E-state index contributed by atoms with van der Waals surface area (Å²) in [6, 6.07) is 16.4. The van der Waals surface area contributed by atoms with Gasteiger partial charge in [0.1, 0.15) is 5.82 Å². The van der Waals surface area contributed by atoms with Crippen molar-refractivity contribution in [3.05, 3.63) is 101 Å². The second kappa shape index (κ2) is 8.58. The third kappa shape index (κ3) is 4.79. The minimum Gasteiger partial charge on any atom is -0.330 e. The van der Waals surface area contributed by atoms with Crippen molar-refractivity contribution < 1.29 is 9.18 Å². The summed E-state index contributed by atoms with van der Waals surface area (Å²) >= 11 is 0. The lowest BCUT2D eigenvalue weighted by atomic mass is 10.1. The maximum absolute atomic E-state index is 13.7. The van der Waals surface area contributed by atoms with Gasteiger partial charge < -0.3 is 4.90 Å². The Morgan fingerprint density at radius 1 is 1.00 bits per heavy atom. The zero-order chi connectivity index (χ0) is 19.2. The van der Waals surface area contributed by atoms with Crippen LogP contribution < -0.4 is 0 Å². The smallest absolute Gasteiger partial charge is 0.254 e. The zero-order valence-corrected chi connectivity index (χ0v) is 15.7. The highest BCUT2D eigenvalue weighted by Crippen LogP contribution is 2.18. The second-order valence-corrected chi connectivity index (χ2v) is 6.65. The highest BCUT2D eigenvalue weighted by atomic mass is 19.1. The van der Waals surface area contributed by atoms with E-state index < -0.39 is 5.82 Å². The van der Waals surface area contributed by atoms with Crippen LogP contribution in [0.3, 0.4) is 0 Å². The maximum atomic E-state index is 13.7. The summed E-state index contributed by atoms with van der Waals surface area (Å²) in [6.45, 7) is 4.80. The van der Waals surface area contributed by atoms with E-state index in [-0.39, 0.29) is 5.91 Å². The fraction of sp³-hybridized carbons (Fsp3) is 0.217. The van der Waals surface area contributed by atoms with Crippen molar-refractivity contribution in [1.29, 1.82) is 0 Å².